The molecule has 0 amide bonds. The first-order valence-electron chi connectivity index (χ1n) is 10.7. The lowest BCUT2D eigenvalue weighted by Gasteiger charge is -2.19. The molecule has 0 saturated heterocycles. The summed E-state index contributed by atoms with van der Waals surface area (Å²) in [5, 5.41) is 36.8. The molecular formula is C25H20O14. The molecule has 0 radical (unpaired) electrons. The first-order valence-corrected chi connectivity index (χ1v) is 10.7. The van der Waals surface area contributed by atoms with Crippen LogP contribution in [0.1, 0.15) is 75.5 Å². The monoisotopic (exact) mass is 544 g/mol. The average Bonchev–Trinajstić information content (AvgIpc) is 2.87. The van der Waals surface area contributed by atoms with Gasteiger partial charge in [0, 0.05) is 5.57 Å². The van der Waals surface area contributed by atoms with Gasteiger partial charge in [0.2, 0.25) is 0 Å². The zero-order valence-corrected chi connectivity index (χ0v) is 20.0. The molecular weight excluding hydrogens is 524 g/mol. The number of rotatable bonds is 12. The van der Waals surface area contributed by atoms with E-state index in [1.807, 2.05) is 0 Å². The Morgan fingerprint density at radius 3 is 1.41 bits per heavy atom. The Balaban J connectivity index is 2.33. The van der Waals surface area contributed by atoms with Crippen molar-refractivity contribution in [2.24, 2.45) is 0 Å². The number of esters is 3. The molecule has 0 aromatic heterocycles. The first kappa shape index (κ1) is 29.7. The third-order valence-corrected chi connectivity index (χ3v) is 4.84. The van der Waals surface area contributed by atoms with Crippen LogP contribution in [0.3, 0.4) is 0 Å². The van der Waals surface area contributed by atoms with Crippen molar-refractivity contribution < 1.29 is 68.2 Å². The summed E-state index contributed by atoms with van der Waals surface area (Å²) in [6.07, 6.45) is -2.21. The van der Waals surface area contributed by atoms with Gasteiger partial charge in [-0.15, -0.1) is 0 Å². The average molecular weight is 544 g/mol. The van der Waals surface area contributed by atoms with Crippen molar-refractivity contribution in [2.45, 2.75) is 19.6 Å². The van der Waals surface area contributed by atoms with Gasteiger partial charge in [0.05, 0.1) is 46.4 Å². The van der Waals surface area contributed by atoms with Gasteiger partial charge in [-0.1, -0.05) is 6.58 Å². The summed E-state index contributed by atoms with van der Waals surface area (Å²) in [6.45, 7) is 4.30. The van der Waals surface area contributed by atoms with Crippen LogP contribution in [0, 0.1) is 0 Å². The molecule has 0 heterocycles. The lowest BCUT2D eigenvalue weighted by Crippen LogP contribution is -2.27. The van der Waals surface area contributed by atoms with E-state index >= 15 is 0 Å². The highest BCUT2D eigenvalue weighted by molar-refractivity contribution is 6.05. The second-order valence-corrected chi connectivity index (χ2v) is 7.69. The molecule has 0 spiro atoms. The molecule has 39 heavy (non-hydrogen) atoms. The molecule has 0 aliphatic rings. The maximum Gasteiger partial charge on any atom is 0.341 e. The molecule has 0 saturated carbocycles. The number of carbonyl (C=O) groups excluding carboxylic acids is 3. The summed E-state index contributed by atoms with van der Waals surface area (Å²) >= 11 is 0. The Bertz CT molecular complexity index is 1300. The van der Waals surface area contributed by atoms with Crippen molar-refractivity contribution in [1.29, 1.82) is 0 Å². The number of carboxylic acids is 4. The molecule has 14 nitrogen and oxygen atoms in total. The van der Waals surface area contributed by atoms with Gasteiger partial charge in [0.15, 0.2) is 0 Å². The minimum Gasteiger partial charge on any atom is -0.478 e. The van der Waals surface area contributed by atoms with Gasteiger partial charge in [0.25, 0.3) is 6.29 Å². The Hall–Kier alpha value is -5.53. The molecule has 2 rings (SSSR count). The molecule has 0 fully saturated rings. The van der Waals surface area contributed by atoms with E-state index < -0.39 is 94.5 Å². The van der Waals surface area contributed by atoms with E-state index in [0.717, 1.165) is 36.4 Å². The third kappa shape index (κ3) is 7.72. The summed E-state index contributed by atoms with van der Waals surface area (Å²) in [4.78, 5) is 82.3. The van der Waals surface area contributed by atoms with Crippen LogP contribution in [0.2, 0.25) is 0 Å². The molecule has 0 unspecified atom stereocenters. The summed E-state index contributed by atoms with van der Waals surface area (Å²) in [7, 11) is 0. The summed E-state index contributed by atoms with van der Waals surface area (Å²) in [6, 6.07) is 5.10. The highest BCUT2D eigenvalue weighted by Crippen LogP contribution is 2.18. The Morgan fingerprint density at radius 2 is 1.08 bits per heavy atom. The third-order valence-electron chi connectivity index (χ3n) is 4.84. The fourth-order valence-electron chi connectivity index (χ4n) is 2.96. The minimum atomic E-state index is -1.78. The molecule has 14 heteroatoms. The standard InChI is InChI=1S/C25H20O14/c1-11(2)23(34)37-8-7-18(38-24(35)12-3-5-14(19(26)27)16(9-12)21(30)31)39-25(36)13-4-6-15(20(28)29)17(10-13)22(32)33/h3-6,9-10,18H,1,7-8H2,2H3,(H,26,27)(H,28,29)(H,30,31)(H,32,33). The van der Waals surface area contributed by atoms with E-state index in [1.54, 1.807) is 0 Å². The van der Waals surface area contributed by atoms with Crippen LogP contribution in [0.15, 0.2) is 48.6 Å². The maximum atomic E-state index is 12.7. The van der Waals surface area contributed by atoms with Crippen molar-refractivity contribution in [2.75, 3.05) is 6.61 Å². The highest BCUT2D eigenvalue weighted by Gasteiger charge is 2.26. The lowest BCUT2D eigenvalue weighted by molar-refractivity contribution is -0.141. The quantitative estimate of drug-likeness (QED) is 0.171. The van der Waals surface area contributed by atoms with Gasteiger partial charge in [-0.05, 0) is 43.3 Å². The zero-order valence-electron chi connectivity index (χ0n) is 20.0. The number of hydrogen-bond donors (Lipinski definition) is 4. The van der Waals surface area contributed by atoms with Crippen LogP contribution in [0.5, 0.6) is 0 Å². The second-order valence-electron chi connectivity index (χ2n) is 7.69. The predicted octanol–water partition coefficient (Wildman–Crippen LogP) is 2.33. The number of carbonyl (C=O) groups is 7. The van der Waals surface area contributed by atoms with E-state index in [4.69, 9.17) is 24.4 Å². The van der Waals surface area contributed by atoms with Gasteiger partial charge >= 0.3 is 41.8 Å². The Labute approximate surface area is 218 Å². The Kier molecular flexibility index (Phi) is 9.61. The van der Waals surface area contributed by atoms with Gasteiger partial charge < -0.3 is 34.6 Å². The lowest BCUT2D eigenvalue weighted by atomic mass is 10.0. The van der Waals surface area contributed by atoms with E-state index in [1.165, 1.54) is 6.92 Å². The van der Waals surface area contributed by atoms with Gasteiger partial charge in [-0.25, -0.2) is 33.6 Å². The number of carboxylic acid groups (broad SMARTS) is 4. The number of ether oxygens (including phenoxy) is 3. The predicted molar refractivity (Wildman–Crippen MR) is 126 cm³/mol. The van der Waals surface area contributed by atoms with Crippen molar-refractivity contribution in [1.82, 2.24) is 0 Å². The van der Waals surface area contributed by atoms with Crippen LogP contribution < -0.4 is 0 Å². The van der Waals surface area contributed by atoms with E-state index in [0.29, 0.717) is 0 Å². The van der Waals surface area contributed by atoms with E-state index in [-0.39, 0.29) is 5.57 Å². The van der Waals surface area contributed by atoms with Crippen molar-refractivity contribution >= 4 is 41.8 Å². The maximum absolute atomic E-state index is 12.7. The minimum absolute atomic E-state index is 0.0416. The second kappa shape index (κ2) is 12.6. The summed E-state index contributed by atoms with van der Waals surface area (Å²) in [5.74, 6) is -9.71. The van der Waals surface area contributed by atoms with Crippen molar-refractivity contribution in [3.8, 4) is 0 Å². The molecule has 4 N–H and O–H groups in total. The molecule has 0 aliphatic heterocycles. The first-order chi connectivity index (χ1) is 18.2. The van der Waals surface area contributed by atoms with Crippen LogP contribution in [0.4, 0.5) is 0 Å². The van der Waals surface area contributed by atoms with Crippen LogP contribution >= 0.6 is 0 Å². The molecule has 2 aromatic rings. The zero-order chi connectivity index (χ0) is 29.4. The summed E-state index contributed by atoms with van der Waals surface area (Å²) in [5.41, 5.74) is -3.45. The van der Waals surface area contributed by atoms with Crippen molar-refractivity contribution in [3.63, 3.8) is 0 Å². The SMILES string of the molecule is C=C(C)C(=O)OCCC(OC(=O)c1ccc(C(=O)O)c(C(=O)O)c1)OC(=O)c1ccc(C(=O)O)c(C(=O)O)c1. The molecule has 204 valence electrons. The fourth-order valence-corrected chi connectivity index (χ4v) is 2.96. The number of hydrogen-bond acceptors (Lipinski definition) is 10. The van der Waals surface area contributed by atoms with E-state index in [9.17, 15) is 43.8 Å². The molecule has 0 bridgehead atoms. The Morgan fingerprint density at radius 1 is 0.692 bits per heavy atom. The number of aromatic carboxylic acids is 4. The topological polar surface area (TPSA) is 228 Å². The highest BCUT2D eigenvalue weighted by atomic mass is 16.7. The van der Waals surface area contributed by atoms with Crippen LogP contribution in [0.25, 0.3) is 0 Å². The van der Waals surface area contributed by atoms with Gasteiger partial charge in [-0.3, -0.25) is 0 Å². The van der Waals surface area contributed by atoms with E-state index in [2.05, 4.69) is 6.58 Å². The summed E-state index contributed by atoms with van der Waals surface area (Å²) < 4.78 is 15.1. The fraction of sp³-hybridized carbons (Fsp3) is 0.160. The van der Waals surface area contributed by atoms with Crippen LogP contribution in [-0.4, -0.2) is 75.1 Å². The molecule has 2 aromatic carbocycles. The normalized spacial score (nSPS) is 10.3. The molecule has 0 atom stereocenters. The van der Waals surface area contributed by atoms with Crippen molar-refractivity contribution in [3.05, 3.63) is 81.9 Å². The largest absolute Gasteiger partial charge is 0.478 e. The van der Waals surface area contributed by atoms with Gasteiger partial charge in [-0.2, -0.15) is 0 Å². The van der Waals surface area contributed by atoms with Gasteiger partial charge in [0.1, 0.15) is 0 Å². The smallest absolute Gasteiger partial charge is 0.341 e. The number of benzene rings is 2. The molecule has 0 aliphatic carbocycles. The van der Waals surface area contributed by atoms with Crippen LogP contribution in [-0.2, 0) is 19.0 Å².